The number of rotatable bonds is 3. The molecule has 0 aromatic carbocycles. The fourth-order valence-electron chi connectivity index (χ4n) is 1.92. The minimum Gasteiger partial charge on any atom is -0.394 e. The number of aliphatic hydroxyl groups is 2. The van der Waals surface area contributed by atoms with Crippen molar-refractivity contribution in [3.63, 3.8) is 0 Å². The van der Waals surface area contributed by atoms with Crippen molar-refractivity contribution in [3.8, 4) is 0 Å². The van der Waals surface area contributed by atoms with Crippen molar-refractivity contribution in [1.29, 1.82) is 0 Å². The molecule has 19 heavy (non-hydrogen) atoms. The van der Waals surface area contributed by atoms with Crippen LogP contribution in [0.1, 0.15) is 23.0 Å². The fraction of sp³-hybridized carbons (Fsp3) is 0.500. The van der Waals surface area contributed by atoms with Crippen molar-refractivity contribution in [2.24, 2.45) is 5.73 Å². The number of hydrogen-bond donors (Lipinski definition) is 4. The van der Waals surface area contributed by atoms with Crippen LogP contribution in [-0.2, 0) is 4.74 Å². The predicted octanol–water partition coefficient (Wildman–Crippen LogP) is -2.72. The van der Waals surface area contributed by atoms with Crippen LogP contribution in [0, 0.1) is 0 Å². The van der Waals surface area contributed by atoms with Crippen molar-refractivity contribution in [3.05, 3.63) is 32.6 Å². The van der Waals surface area contributed by atoms with Crippen LogP contribution in [0.15, 0.2) is 15.8 Å². The Morgan fingerprint density at radius 2 is 2.26 bits per heavy atom. The van der Waals surface area contributed by atoms with Crippen LogP contribution in [0.5, 0.6) is 0 Å². The molecule has 104 valence electrons. The minimum absolute atomic E-state index is 0.0510. The van der Waals surface area contributed by atoms with Crippen LogP contribution in [-0.4, -0.2) is 44.5 Å². The van der Waals surface area contributed by atoms with Crippen LogP contribution in [0.3, 0.4) is 0 Å². The molecule has 2 heterocycles. The standard InChI is InChI=1S/C10H13N3O6/c11-8(16)4-2-13(10(18)12-9(4)17)7-1-5(15)6(3-14)19-7/h2,5-7,14-15H,1,3H2,(H2,11,16)(H,12,17,18)/t5-,6+,7+/m1/s1. The van der Waals surface area contributed by atoms with Gasteiger partial charge < -0.3 is 20.7 Å². The van der Waals surface area contributed by atoms with Crippen LogP contribution < -0.4 is 17.0 Å². The summed E-state index contributed by atoms with van der Waals surface area (Å²) >= 11 is 0. The van der Waals surface area contributed by atoms with Gasteiger partial charge in [-0.05, 0) is 0 Å². The number of aliphatic hydroxyl groups excluding tert-OH is 2. The number of ether oxygens (including phenoxy) is 1. The summed E-state index contributed by atoms with van der Waals surface area (Å²) in [4.78, 5) is 36.0. The second-order valence-corrected chi connectivity index (χ2v) is 4.19. The molecule has 0 bridgehead atoms. The molecule has 0 unspecified atom stereocenters. The number of nitrogens with zero attached hydrogens (tertiary/aromatic N) is 1. The molecule has 1 amide bonds. The molecular weight excluding hydrogens is 258 g/mol. The van der Waals surface area contributed by atoms with Gasteiger partial charge in [-0.25, -0.2) is 4.79 Å². The Bertz CT molecular complexity index is 606. The first-order chi connectivity index (χ1) is 8.93. The smallest absolute Gasteiger partial charge is 0.330 e. The van der Waals surface area contributed by atoms with Crippen LogP contribution in [0.2, 0.25) is 0 Å². The third-order valence-electron chi connectivity index (χ3n) is 2.93. The van der Waals surface area contributed by atoms with Gasteiger partial charge in [-0.15, -0.1) is 0 Å². The first kappa shape index (κ1) is 13.5. The van der Waals surface area contributed by atoms with Crippen LogP contribution in [0.25, 0.3) is 0 Å². The van der Waals surface area contributed by atoms with E-state index in [2.05, 4.69) is 0 Å². The van der Waals surface area contributed by atoms with E-state index in [1.807, 2.05) is 4.98 Å². The summed E-state index contributed by atoms with van der Waals surface area (Å²) in [5.41, 5.74) is 2.95. The molecule has 0 radical (unpaired) electrons. The molecule has 9 heteroatoms. The van der Waals surface area contributed by atoms with Gasteiger partial charge in [0.15, 0.2) is 0 Å². The monoisotopic (exact) mass is 271 g/mol. The number of aromatic amines is 1. The van der Waals surface area contributed by atoms with Gasteiger partial charge in [0.2, 0.25) is 0 Å². The summed E-state index contributed by atoms with van der Waals surface area (Å²) in [5.74, 6) is -0.979. The number of carbonyl (C=O) groups is 1. The maximum Gasteiger partial charge on any atom is 0.330 e. The number of aromatic nitrogens is 2. The number of amides is 1. The molecular formula is C10H13N3O6. The van der Waals surface area contributed by atoms with Crippen molar-refractivity contribution in [2.45, 2.75) is 24.9 Å². The van der Waals surface area contributed by atoms with Crippen LogP contribution >= 0.6 is 0 Å². The zero-order valence-corrected chi connectivity index (χ0v) is 9.78. The average Bonchev–Trinajstić information content (AvgIpc) is 2.69. The molecule has 3 atom stereocenters. The molecule has 0 saturated carbocycles. The number of primary amides is 1. The highest BCUT2D eigenvalue weighted by atomic mass is 16.5. The summed E-state index contributed by atoms with van der Waals surface area (Å²) in [5, 5.41) is 18.5. The maximum atomic E-state index is 11.6. The lowest BCUT2D eigenvalue weighted by Crippen LogP contribution is -2.37. The first-order valence-corrected chi connectivity index (χ1v) is 5.53. The van der Waals surface area contributed by atoms with Gasteiger partial charge >= 0.3 is 5.69 Å². The highest BCUT2D eigenvalue weighted by molar-refractivity contribution is 5.91. The minimum atomic E-state index is -0.979. The van der Waals surface area contributed by atoms with E-state index >= 15 is 0 Å². The third-order valence-corrected chi connectivity index (χ3v) is 2.93. The van der Waals surface area contributed by atoms with E-state index in [1.165, 1.54) is 0 Å². The van der Waals surface area contributed by atoms with Crippen molar-refractivity contribution >= 4 is 5.91 Å². The van der Waals surface area contributed by atoms with Crippen molar-refractivity contribution in [2.75, 3.05) is 6.61 Å². The van der Waals surface area contributed by atoms with Gasteiger partial charge in [0, 0.05) is 12.6 Å². The summed E-state index contributed by atoms with van der Waals surface area (Å²) < 4.78 is 6.21. The molecule has 9 nitrogen and oxygen atoms in total. The Balaban J connectivity index is 2.41. The summed E-state index contributed by atoms with van der Waals surface area (Å²) in [7, 11) is 0. The highest BCUT2D eigenvalue weighted by Gasteiger charge is 2.35. The van der Waals surface area contributed by atoms with E-state index in [0.29, 0.717) is 0 Å². The molecule has 1 fully saturated rings. The van der Waals surface area contributed by atoms with E-state index in [0.717, 1.165) is 10.8 Å². The molecule has 1 aromatic heterocycles. The maximum absolute atomic E-state index is 11.6. The van der Waals surface area contributed by atoms with E-state index in [-0.39, 0.29) is 12.0 Å². The van der Waals surface area contributed by atoms with E-state index in [4.69, 9.17) is 15.6 Å². The largest absolute Gasteiger partial charge is 0.394 e. The normalized spacial score (nSPS) is 26.5. The lowest BCUT2D eigenvalue weighted by atomic mass is 10.2. The van der Waals surface area contributed by atoms with Crippen molar-refractivity contribution < 1.29 is 19.7 Å². The lowest BCUT2D eigenvalue weighted by molar-refractivity contribution is -0.0459. The van der Waals surface area contributed by atoms with E-state index in [9.17, 15) is 19.5 Å². The van der Waals surface area contributed by atoms with Crippen LogP contribution in [0.4, 0.5) is 0 Å². The second kappa shape index (κ2) is 4.96. The van der Waals surface area contributed by atoms with E-state index in [1.54, 1.807) is 0 Å². The first-order valence-electron chi connectivity index (χ1n) is 5.53. The number of nitrogens with two attached hydrogens (primary N) is 1. The SMILES string of the molecule is NC(=O)c1cn([C@@H]2C[C@@H](O)[C@H](CO)O2)c(=O)[nH]c1=O. The highest BCUT2D eigenvalue weighted by Crippen LogP contribution is 2.27. The molecule has 5 N–H and O–H groups in total. The topological polar surface area (TPSA) is 148 Å². The molecule has 1 aliphatic rings. The average molecular weight is 271 g/mol. The number of hydrogen-bond acceptors (Lipinski definition) is 6. The molecule has 1 aromatic rings. The quantitative estimate of drug-likeness (QED) is 0.469. The van der Waals surface area contributed by atoms with Crippen molar-refractivity contribution in [1.82, 2.24) is 9.55 Å². The fourth-order valence-corrected chi connectivity index (χ4v) is 1.92. The lowest BCUT2D eigenvalue weighted by Gasteiger charge is -2.14. The van der Waals surface area contributed by atoms with Gasteiger partial charge in [0.25, 0.3) is 11.5 Å². The number of H-pyrrole nitrogens is 1. The molecule has 2 rings (SSSR count). The van der Waals surface area contributed by atoms with E-state index < -0.39 is 42.2 Å². The second-order valence-electron chi connectivity index (χ2n) is 4.19. The molecule has 1 saturated heterocycles. The Morgan fingerprint density at radius 3 is 2.79 bits per heavy atom. The zero-order valence-electron chi connectivity index (χ0n) is 9.78. The number of carbonyl (C=O) groups excluding carboxylic acids is 1. The Hall–Kier alpha value is -1.97. The number of nitrogens with one attached hydrogen (secondary N) is 1. The summed E-state index contributed by atoms with van der Waals surface area (Å²) in [6, 6.07) is 0. The Morgan fingerprint density at radius 1 is 1.58 bits per heavy atom. The zero-order chi connectivity index (χ0) is 14.2. The molecule has 0 spiro atoms. The summed E-state index contributed by atoms with van der Waals surface area (Å²) in [6.45, 7) is -0.404. The Kier molecular flexibility index (Phi) is 3.51. The van der Waals surface area contributed by atoms with Gasteiger partial charge in [0.05, 0.1) is 12.7 Å². The third kappa shape index (κ3) is 2.43. The van der Waals surface area contributed by atoms with Gasteiger partial charge in [-0.1, -0.05) is 0 Å². The summed E-state index contributed by atoms with van der Waals surface area (Å²) in [6.07, 6.45) is -1.60. The van der Waals surface area contributed by atoms with Gasteiger partial charge in [-0.3, -0.25) is 19.1 Å². The Labute approximate surface area is 106 Å². The predicted molar refractivity (Wildman–Crippen MR) is 61.5 cm³/mol. The molecule has 1 aliphatic heterocycles. The molecule has 0 aliphatic carbocycles. The van der Waals surface area contributed by atoms with Gasteiger partial charge in [-0.2, -0.15) is 0 Å². The van der Waals surface area contributed by atoms with Gasteiger partial charge in [0.1, 0.15) is 17.9 Å².